The van der Waals surface area contributed by atoms with Gasteiger partial charge in [-0.2, -0.15) is 0 Å². The Kier molecular flexibility index (Phi) is 5.66. The highest BCUT2D eigenvalue weighted by atomic mass is 16.5. The Morgan fingerprint density at radius 1 is 1.53 bits per heavy atom. The molecule has 1 aliphatic rings. The van der Waals surface area contributed by atoms with Crippen LogP contribution in [0.4, 0.5) is 5.95 Å². The normalized spacial score (nSPS) is 20.6. The van der Waals surface area contributed by atoms with Crippen LogP contribution in [0.3, 0.4) is 0 Å². The predicted molar refractivity (Wildman–Crippen MR) is 77.6 cm³/mol. The van der Waals surface area contributed by atoms with E-state index < -0.39 is 0 Å². The van der Waals surface area contributed by atoms with Gasteiger partial charge in [-0.15, -0.1) is 0 Å². The standard InChI is InChI=1S/C14H26N4O/c1-3-17-9-4-6-13(12-17)18-10-8-16-14(18)15-7-5-11-19-2/h8,10,13H,3-7,9,11-12H2,1-2H3,(H,15,16). The number of piperidine rings is 1. The first kappa shape index (κ1) is 14.3. The summed E-state index contributed by atoms with van der Waals surface area (Å²) in [6.45, 7) is 7.45. The lowest BCUT2D eigenvalue weighted by molar-refractivity contribution is 0.186. The molecule has 5 nitrogen and oxygen atoms in total. The molecule has 0 amide bonds. The van der Waals surface area contributed by atoms with Crippen molar-refractivity contribution in [3.63, 3.8) is 0 Å². The first-order valence-electron chi connectivity index (χ1n) is 7.33. The van der Waals surface area contributed by atoms with Crippen molar-refractivity contribution >= 4 is 5.95 Å². The molecule has 5 heteroatoms. The third-order valence-corrected chi connectivity index (χ3v) is 3.80. The van der Waals surface area contributed by atoms with Gasteiger partial charge in [-0.1, -0.05) is 6.92 Å². The third kappa shape index (κ3) is 3.94. The van der Waals surface area contributed by atoms with Gasteiger partial charge in [-0.05, 0) is 32.4 Å². The molecule has 0 radical (unpaired) electrons. The monoisotopic (exact) mass is 266 g/mol. The molecule has 2 heterocycles. The first-order valence-corrected chi connectivity index (χ1v) is 7.33. The average molecular weight is 266 g/mol. The fourth-order valence-electron chi connectivity index (χ4n) is 2.71. The van der Waals surface area contributed by atoms with E-state index in [1.165, 1.54) is 19.4 Å². The van der Waals surface area contributed by atoms with Crippen LogP contribution in [-0.2, 0) is 4.74 Å². The Morgan fingerprint density at radius 3 is 3.21 bits per heavy atom. The molecule has 2 rings (SSSR count). The van der Waals surface area contributed by atoms with Crippen LogP contribution in [0.15, 0.2) is 12.4 Å². The van der Waals surface area contributed by atoms with Crippen LogP contribution in [0.1, 0.15) is 32.2 Å². The minimum atomic E-state index is 0.557. The second-order valence-electron chi connectivity index (χ2n) is 5.12. The van der Waals surface area contributed by atoms with Crippen molar-refractivity contribution in [2.45, 2.75) is 32.2 Å². The first-order chi connectivity index (χ1) is 9.35. The van der Waals surface area contributed by atoms with E-state index in [2.05, 4.69) is 32.9 Å². The maximum absolute atomic E-state index is 5.06. The summed E-state index contributed by atoms with van der Waals surface area (Å²) in [4.78, 5) is 6.95. The lowest BCUT2D eigenvalue weighted by Gasteiger charge is -2.33. The number of rotatable bonds is 7. The highest BCUT2D eigenvalue weighted by Gasteiger charge is 2.21. The van der Waals surface area contributed by atoms with Gasteiger partial charge in [0.2, 0.25) is 5.95 Å². The molecule has 1 N–H and O–H groups in total. The van der Waals surface area contributed by atoms with Crippen molar-refractivity contribution in [3.8, 4) is 0 Å². The van der Waals surface area contributed by atoms with Crippen molar-refractivity contribution in [1.29, 1.82) is 0 Å². The van der Waals surface area contributed by atoms with E-state index in [4.69, 9.17) is 4.74 Å². The van der Waals surface area contributed by atoms with Gasteiger partial charge < -0.3 is 19.5 Å². The molecule has 1 saturated heterocycles. The van der Waals surface area contributed by atoms with E-state index in [-0.39, 0.29) is 0 Å². The van der Waals surface area contributed by atoms with Gasteiger partial charge in [-0.25, -0.2) is 4.98 Å². The topological polar surface area (TPSA) is 42.3 Å². The Bertz CT molecular complexity index is 366. The molecule has 0 aliphatic carbocycles. The van der Waals surface area contributed by atoms with E-state index in [0.717, 1.165) is 38.6 Å². The number of likely N-dealkylation sites (tertiary alicyclic amines) is 1. The van der Waals surface area contributed by atoms with Crippen LogP contribution in [0.5, 0.6) is 0 Å². The van der Waals surface area contributed by atoms with Gasteiger partial charge in [0.1, 0.15) is 0 Å². The quantitative estimate of drug-likeness (QED) is 0.766. The van der Waals surface area contributed by atoms with E-state index in [1.54, 1.807) is 7.11 Å². The zero-order valence-electron chi connectivity index (χ0n) is 12.1. The number of anilines is 1. The Morgan fingerprint density at radius 2 is 2.42 bits per heavy atom. The molecule has 19 heavy (non-hydrogen) atoms. The summed E-state index contributed by atoms with van der Waals surface area (Å²) in [6, 6.07) is 0.557. The predicted octanol–water partition coefficient (Wildman–Crippen LogP) is 1.99. The van der Waals surface area contributed by atoms with E-state index in [0.29, 0.717) is 6.04 Å². The zero-order chi connectivity index (χ0) is 13.5. The molecular formula is C14H26N4O. The maximum Gasteiger partial charge on any atom is 0.203 e. The number of imidazole rings is 1. The number of ether oxygens (including phenoxy) is 1. The second-order valence-corrected chi connectivity index (χ2v) is 5.12. The van der Waals surface area contributed by atoms with Gasteiger partial charge in [0.25, 0.3) is 0 Å². The van der Waals surface area contributed by atoms with Gasteiger partial charge >= 0.3 is 0 Å². The Balaban J connectivity index is 1.90. The Hall–Kier alpha value is -1.07. The number of aromatic nitrogens is 2. The summed E-state index contributed by atoms with van der Waals surface area (Å²) in [5.41, 5.74) is 0. The van der Waals surface area contributed by atoms with Crippen molar-refractivity contribution in [1.82, 2.24) is 14.5 Å². The molecule has 108 valence electrons. The van der Waals surface area contributed by atoms with Crippen molar-refractivity contribution in [2.75, 3.05) is 45.2 Å². The SMILES string of the molecule is CCN1CCCC(n2ccnc2NCCCOC)C1. The minimum absolute atomic E-state index is 0.557. The number of likely N-dealkylation sites (N-methyl/N-ethyl adjacent to an activating group) is 1. The van der Waals surface area contributed by atoms with E-state index in [1.807, 2.05) is 6.20 Å². The van der Waals surface area contributed by atoms with Crippen LogP contribution in [0.2, 0.25) is 0 Å². The van der Waals surface area contributed by atoms with E-state index >= 15 is 0 Å². The fourth-order valence-corrected chi connectivity index (χ4v) is 2.71. The summed E-state index contributed by atoms with van der Waals surface area (Å²) >= 11 is 0. The minimum Gasteiger partial charge on any atom is -0.385 e. The lowest BCUT2D eigenvalue weighted by Crippen LogP contribution is -2.36. The van der Waals surface area contributed by atoms with Crippen molar-refractivity contribution in [3.05, 3.63) is 12.4 Å². The second kappa shape index (κ2) is 7.50. The van der Waals surface area contributed by atoms with E-state index in [9.17, 15) is 0 Å². The molecule has 0 saturated carbocycles. The number of hydrogen-bond donors (Lipinski definition) is 1. The summed E-state index contributed by atoms with van der Waals surface area (Å²) in [6.07, 6.45) is 7.53. The van der Waals surface area contributed by atoms with Crippen LogP contribution < -0.4 is 5.32 Å². The molecule has 0 spiro atoms. The molecule has 1 unspecified atom stereocenters. The largest absolute Gasteiger partial charge is 0.385 e. The average Bonchev–Trinajstić information content (AvgIpc) is 2.92. The Labute approximate surface area is 116 Å². The zero-order valence-corrected chi connectivity index (χ0v) is 12.1. The lowest BCUT2D eigenvalue weighted by atomic mass is 10.1. The third-order valence-electron chi connectivity index (χ3n) is 3.80. The maximum atomic E-state index is 5.06. The molecule has 1 fully saturated rings. The summed E-state index contributed by atoms with van der Waals surface area (Å²) in [5, 5.41) is 3.41. The molecule has 1 atom stereocenters. The smallest absolute Gasteiger partial charge is 0.203 e. The van der Waals surface area contributed by atoms with Crippen molar-refractivity contribution in [2.24, 2.45) is 0 Å². The number of nitrogens with zero attached hydrogens (tertiary/aromatic N) is 3. The summed E-state index contributed by atoms with van der Waals surface area (Å²) in [5.74, 6) is 0.999. The van der Waals surface area contributed by atoms with Crippen LogP contribution >= 0.6 is 0 Å². The number of hydrogen-bond acceptors (Lipinski definition) is 4. The number of nitrogens with one attached hydrogen (secondary N) is 1. The number of methoxy groups -OCH3 is 1. The van der Waals surface area contributed by atoms with Crippen molar-refractivity contribution < 1.29 is 4.74 Å². The molecule has 0 bridgehead atoms. The van der Waals surface area contributed by atoms with Gasteiger partial charge in [0.05, 0.1) is 0 Å². The van der Waals surface area contributed by atoms with Gasteiger partial charge in [0, 0.05) is 45.2 Å². The fraction of sp³-hybridized carbons (Fsp3) is 0.786. The van der Waals surface area contributed by atoms with Crippen LogP contribution in [0.25, 0.3) is 0 Å². The van der Waals surface area contributed by atoms with Gasteiger partial charge in [0.15, 0.2) is 0 Å². The molecular weight excluding hydrogens is 240 g/mol. The van der Waals surface area contributed by atoms with Crippen LogP contribution in [-0.4, -0.2) is 54.3 Å². The summed E-state index contributed by atoms with van der Waals surface area (Å²) in [7, 11) is 1.74. The summed E-state index contributed by atoms with van der Waals surface area (Å²) < 4.78 is 7.36. The highest BCUT2D eigenvalue weighted by molar-refractivity contribution is 5.26. The highest BCUT2D eigenvalue weighted by Crippen LogP contribution is 2.24. The molecule has 1 aromatic heterocycles. The molecule has 1 aromatic rings. The molecule has 1 aliphatic heterocycles. The van der Waals surface area contributed by atoms with Gasteiger partial charge in [-0.3, -0.25) is 0 Å². The van der Waals surface area contributed by atoms with Crippen LogP contribution in [0, 0.1) is 0 Å². The molecule has 0 aromatic carbocycles.